The van der Waals surface area contributed by atoms with Crippen molar-refractivity contribution in [2.24, 2.45) is 5.92 Å². The summed E-state index contributed by atoms with van der Waals surface area (Å²) in [5.74, 6) is 0.408. The highest BCUT2D eigenvalue weighted by atomic mass is 16.5. The van der Waals surface area contributed by atoms with Gasteiger partial charge in [-0.25, -0.2) is 4.52 Å². The molecule has 2 aromatic rings. The first kappa shape index (κ1) is 12.9. The smallest absolute Gasteiger partial charge is 0.255 e. The van der Waals surface area contributed by atoms with Crippen LogP contribution in [0.3, 0.4) is 0 Å². The number of anilines is 1. The number of nitrogens with two attached hydrogens (primary N) is 1. The van der Waals surface area contributed by atoms with Crippen LogP contribution in [0.5, 0.6) is 0 Å². The number of pyridine rings is 1. The van der Waals surface area contributed by atoms with E-state index >= 15 is 0 Å². The van der Waals surface area contributed by atoms with Gasteiger partial charge in [0.05, 0.1) is 29.9 Å². The van der Waals surface area contributed by atoms with Gasteiger partial charge in [-0.1, -0.05) is 0 Å². The molecule has 3 N–H and O–H groups in total. The van der Waals surface area contributed by atoms with Crippen LogP contribution in [-0.4, -0.2) is 35.3 Å². The topological polar surface area (TPSA) is 81.6 Å². The SMILES string of the molecule is COCC(NC(=O)c1cnn2ccc(N)cc12)C1CC1. The summed E-state index contributed by atoms with van der Waals surface area (Å²) in [5, 5.41) is 7.20. The zero-order valence-electron chi connectivity index (χ0n) is 11.4. The van der Waals surface area contributed by atoms with E-state index in [4.69, 9.17) is 10.5 Å². The Balaban J connectivity index is 1.82. The first-order valence-corrected chi connectivity index (χ1v) is 6.71. The average molecular weight is 274 g/mol. The number of fused-ring (bicyclic) bond motifs is 1. The molecule has 1 amide bonds. The zero-order valence-corrected chi connectivity index (χ0v) is 11.4. The second-order valence-electron chi connectivity index (χ2n) is 5.22. The summed E-state index contributed by atoms with van der Waals surface area (Å²) < 4.78 is 6.82. The molecule has 0 spiro atoms. The third kappa shape index (κ3) is 2.46. The van der Waals surface area contributed by atoms with Crippen molar-refractivity contribution in [2.45, 2.75) is 18.9 Å². The molecule has 0 radical (unpaired) electrons. The van der Waals surface area contributed by atoms with Gasteiger partial charge >= 0.3 is 0 Å². The standard InChI is InChI=1S/C14H18N4O2/c1-20-8-12(9-2-3-9)17-14(19)11-7-16-18-5-4-10(15)6-13(11)18/h4-7,9,12H,2-3,8,15H2,1H3,(H,17,19). The van der Waals surface area contributed by atoms with Crippen LogP contribution >= 0.6 is 0 Å². The Morgan fingerprint density at radius 1 is 1.65 bits per heavy atom. The molecule has 0 saturated heterocycles. The first-order valence-electron chi connectivity index (χ1n) is 6.71. The van der Waals surface area contributed by atoms with Crippen LogP contribution in [0.4, 0.5) is 5.69 Å². The normalized spacial score (nSPS) is 16.2. The number of ether oxygens (including phenoxy) is 1. The molecule has 1 saturated carbocycles. The fourth-order valence-electron chi connectivity index (χ4n) is 2.39. The van der Waals surface area contributed by atoms with E-state index in [0.717, 1.165) is 18.4 Å². The Morgan fingerprint density at radius 2 is 2.45 bits per heavy atom. The van der Waals surface area contributed by atoms with Crippen molar-refractivity contribution in [3.8, 4) is 0 Å². The molecule has 106 valence electrons. The van der Waals surface area contributed by atoms with Crippen LogP contribution in [-0.2, 0) is 4.74 Å². The van der Waals surface area contributed by atoms with E-state index in [1.165, 1.54) is 0 Å². The van der Waals surface area contributed by atoms with Gasteiger partial charge in [-0.2, -0.15) is 5.10 Å². The Kier molecular flexibility index (Phi) is 3.31. The van der Waals surface area contributed by atoms with E-state index in [-0.39, 0.29) is 11.9 Å². The number of nitrogens with one attached hydrogen (secondary N) is 1. The monoisotopic (exact) mass is 274 g/mol. The quantitative estimate of drug-likeness (QED) is 0.854. The van der Waals surface area contributed by atoms with Gasteiger partial charge in [-0.05, 0) is 30.9 Å². The average Bonchev–Trinajstić information content (AvgIpc) is 3.18. The minimum absolute atomic E-state index is 0.0727. The molecular formula is C14H18N4O2. The van der Waals surface area contributed by atoms with Crippen LogP contribution in [0.1, 0.15) is 23.2 Å². The van der Waals surface area contributed by atoms with Crippen molar-refractivity contribution in [1.29, 1.82) is 0 Å². The zero-order chi connectivity index (χ0) is 14.1. The van der Waals surface area contributed by atoms with Gasteiger partial charge in [0.1, 0.15) is 0 Å². The lowest BCUT2D eigenvalue weighted by molar-refractivity contribution is 0.0885. The molecule has 0 aliphatic heterocycles. The van der Waals surface area contributed by atoms with E-state index in [2.05, 4.69) is 10.4 Å². The summed E-state index contributed by atoms with van der Waals surface area (Å²) in [6.07, 6.45) is 5.61. The first-order chi connectivity index (χ1) is 9.69. The Morgan fingerprint density at radius 3 is 3.15 bits per heavy atom. The summed E-state index contributed by atoms with van der Waals surface area (Å²) in [7, 11) is 1.65. The van der Waals surface area contributed by atoms with Crippen molar-refractivity contribution in [2.75, 3.05) is 19.5 Å². The Bertz CT molecular complexity index is 633. The van der Waals surface area contributed by atoms with Crippen molar-refractivity contribution in [3.63, 3.8) is 0 Å². The molecule has 6 nitrogen and oxygen atoms in total. The van der Waals surface area contributed by atoms with Crippen LogP contribution in [0.2, 0.25) is 0 Å². The number of hydrogen-bond donors (Lipinski definition) is 2. The van der Waals surface area contributed by atoms with Crippen molar-refractivity contribution < 1.29 is 9.53 Å². The van der Waals surface area contributed by atoms with Crippen molar-refractivity contribution >= 4 is 17.1 Å². The molecule has 0 aromatic carbocycles. The maximum absolute atomic E-state index is 12.4. The number of aromatic nitrogens is 2. The van der Waals surface area contributed by atoms with E-state index in [0.29, 0.717) is 23.8 Å². The summed E-state index contributed by atoms with van der Waals surface area (Å²) in [5.41, 5.74) is 7.64. The van der Waals surface area contributed by atoms with Gasteiger partial charge in [0.2, 0.25) is 0 Å². The van der Waals surface area contributed by atoms with Gasteiger partial charge in [-0.15, -0.1) is 0 Å². The molecule has 3 rings (SSSR count). The molecule has 1 fully saturated rings. The maximum Gasteiger partial charge on any atom is 0.255 e. The molecule has 1 aliphatic carbocycles. The minimum atomic E-state index is -0.125. The molecule has 6 heteroatoms. The van der Waals surface area contributed by atoms with E-state index in [9.17, 15) is 4.79 Å². The molecular weight excluding hydrogens is 256 g/mol. The molecule has 20 heavy (non-hydrogen) atoms. The Labute approximate surface area is 116 Å². The molecule has 1 atom stereocenters. The highest BCUT2D eigenvalue weighted by Crippen LogP contribution is 2.33. The van der Waals surface area contributed by atoms with E-state index in [1.807, 2.05) is 0 Å². The number of carbonyl (C=O) groups excluding carboxylic acids is 1. The second kappa shape index (κ2) is 5.13. The third-order valence-electron chi connectivity index (χ3n) is 3.64. The van der Waals surface area contributed by atoms with Crippen LogP contribution in [0.25, 0.3) is 5.52 Å². The van der Waals surface area contributed by atoms with Crippen LogP contribution in [0, 0.1) is 5.92 Å². The number of methoxy groups -OCH3 is 1. The molecule has 1 aliphatic rings. The second-order valence-corrected chi connectivity index (χ2v) is 5.22. The van der Waals surface area contributed by atoms with Gasteiger partial charge < -0.3 is 15.8 Å². The van der Waals surface area contributed by atoms with Gasteiger partial charge in [-0.3, -0.25) is 4.79 Å². The van der Waals surface area contributed by atoms with E-state index < -0.39 is 0 Å². The molecule has 0 bridgehead atoms. The Hall–Kier alpha value is -2.08. The highest BCUT2D eigenvalue weighted by Gasteiger charge is 2.32. The maximum atomic E-state index is 12.4. The lowest BCUT2D eigenvalue weighted by Crippen LogP contribution is -2.39. The predicted molar refractivity (Wildman–Crippen MR) is 75.5 cm³/mol. The summed E-state index contributed by atoms with van der Waals surface area (Å²) in [6, 6.07) is 3.58. The van der Waals surface area contributed by atoms with Crippen LogP contribution in [0.15, 0.2) is 24.5 Å². The highest BCUT2D eigenvalue weighted by molar-refractivity contribution is 6.01. The number of amides is 1. The van der Waals surface area contributed by atoms with Gasteiger partial charge in [0.15, 0.2) is 0 Å². The number of nitrogen functional groups attached to an aromatic ring is 1. The molecule has 1 unspecified atom stereocenters. The van der Waals surface area contributed by atoms with Crippen molar-refractivity contribution in [1.82, 2.24) is 14.9 Å². The summed E-state index contributed by atoms with van der Waals surface area (Å²) in [6.45, 7) is 0.539. The van der Waals surface area contributed by atoms with Gasteiger partial charge in [0.25, 0.3) is 5.91 Å². The van der Waals surface area contributed by atoms with Crippen LogP contribution < -0.4 is 11.1 Å². The summed E-state index contributed by atoms with van der Waals surface area (Å²) in [4.78, 5) is 12.4. The summed E-state index contributed by atoms with van der Waals surface area (Å²) >= 11 is 0. The number of carbonyl (C=O) groups is 1. The number of hydrogen-bond acceptors (Lipinski definition) is 4. The lowest BCUT2D eigenvalue weighted by atomic mass is 10.1. The lowest BCUT2D eigenvalue weighted by Gasteiger charge is -2.16. The van der Waals surface area contributed by atoms with Crippen molar-refractivity contribution in [3.05, 3.63) is 30.1 Å². The molecule has 2 aromatic heterocycles. The third-order valence-corrected chi connectivity index (χ3v) is 3.64. The van der Waals surface area contributed by atoms with E-state index in [1.54, 1.807) is 36.2 Å². The molecule has 2 heterocycles. The minimum Gasteiger partial charge on any atom is -0.399 e. The largest absolute Gasteiger partial charge is 0.399 e. The number of nitrogens with zero attached hydrogens (tertiary/aromatic N) is 2. The fraction of sp³-hybridized carbons (Fsp3) is 0.429. The number of rotatable bonds is 5. The fourth-order valence-corrected chi connectivity index (χ4v) is 2.39. The predicted octanol–water partition coefficient (Wildman–Crippen LogP) is 1.07. The van der Waals surface area contributed by atoms with Gasteiger partial charge in [0, 0.05) is 19.0 Å².